The molecule has 0 saturated carbocycles. The van der Waals surface area contributed by atoms with E-state index in [1.54, 1.807) is 0 Å². The lowest BCUT2D eigenvalue weighted by atomic mass is 10.0. The Labute approximate surface area is 262 Å². The van der Waals surface area contributed by atoms with Crippen molar-refractivity contribution < 1.29 is 19.4 Å². The smallest absolute Gasteiger partial charge is 0.306 e. The first kappa shape index (κ1) is 40.9. The lowest BCUT2D eigenvalue weighted by Crippen LogP contribution is -2.18. The highest BCUT2D eigenvalue weighted by Gasteiger charge is 2.14. The molecule has 0 spiro atoms. The first-order chi connectivity index (χ1) is 20.6. The third-order valence-electron chi connectivity index (χ3n) is 8.83. The number of hydrogen-bond donors (Lipinski definition) is 1. The monoisotopic (exact) mass is 595 g/mol. The average Bonchev–Trinajstić information content (AvgIpc) is 2.97. The van der Waals surface area contributed by atoms with Crippen LogP contribution in [0.1, 0.15) is 226 Å². The summed E-state index contributed by atoms with van der Waals surface area (Å²) in [6, 6.07) is 0. The predicted octanol–water partition coefficient (Wildman–Crippen LogP) is 12.9. The number of hydrogen-bond acceptors (Lipinski definition) is 3. The summed E-state index contributed by atoms with van der Waals surface area (Å²) in [5.74, 6) is -0.620. The van der Waals surface area contributed by atoms with Crippen LogP contribution < -0.4 is 0 Å². The summed E-state index contributed by atoms with van der Waals surface area (Å²) in [6.07, 6.45) is 40.0. The van der Waals surface area contributed by atoms with Gasteiger partial charge in [0, 0.05) is 12.8 Å². The molecule has 0 saturated heterocycles. The van der Waals surface area contributed by atoms with Crippen LogP contribution in [0.4, 0.5) is 0 Å². The van der Waals surface area contributed by atoms with E-state index in [1.165, 1.54) is 167 Å². The molecule has 42 heavy (non-hydrogen) atoms. The highest BCUT2D eigenvalue weighted by molar-refractivity contribution is 5.69. The maximum atomic E-state index is 12.6. The van der Waals surface area contributed by atoms with Crippen LogP contribution in [0, 0.1) is 0 Å². The second kappa shape index (κ2) is 34.4. The van der Waals surface area contributed by atoms with Gasteiger partial charge in [0.25, 0.3) is 0 Å². The molecule has 1 N–H and O–H groups in total. The quantitative estimate of drug-likeness (QED) is 0.0585. The van der Waals surface area contributed by atoms with Crippen molar-refractivity contribution in [2.45, 2.75) is 232 Å². The van der Waals surface area contributed by atoms with Gasteiger partial charge in [-0.2, -0.15) is 0 Å². The summed E-state index contributed by atoms with van der Waals surface area (Å²) in [5, 5.41) is 8.67. The number of rotatable bonds is 35. The van der Waals surface area contributed by atoms with Crippen LogP contribution >= 0.6 is 0 Å². The van der Waals surface area contributed by atoms with Gasteiger partial charge in [-0.15, -0.1) is 0 Å². The molecular formula is C38H74O4. The van der Waals surface area contributed by atoms with E-state index in [-0.39, 0.29) is 12.1 Å². The maximum Gasteiger partial charge on any atom is 0.306 e. The van der Waals surface area contributed by atoms with E-state index >= 15 is 0 Å². The van der Waals surface area contributed by atoms with Crippen LogP contribution in [-0.4, -0.2) is 23.1 Å². The summed E-state index contributed by atoms with van der Waals surface area (Å²) in [7, 11) is 0. The van der Waals surface area contributed by atoms with Crippen LogP contribution in [0.2, 0.25) is 0 Å². The molecule has 4 nitrogen and oxygen atoms in total. The average molecular weight is 595 g/mol. The molecule has 0 aliphatic carbocycles. The molecule has 250 valence electrons. The Morgan fingerprint density at radius 3 is 1.05 bits per heavy atom. The fraction of sp³-hybridized carbons (Fsp3) is 0.947. The summed E-state index contributed by atoms with van der Waals surface area (Å²) in [4.78, 5) is 23.1. The molecule has 0 fully saturated rings. The molecule has 0 heterocycles. The van der Waals surface area contributed by atoms with Gasteiger partial charge in [-0.3, -0.25) is 9.59 Å². The molecule has 0 aromatic heterocycles. The summed E-state index contributed by atoms with van der Waals surface area (Å²) in [5.41, 5.74) is 0. The Bertz CT molecular complexity index is 561. The molecule has 1 unspecified atom stereocenters. The number of ether oxygens (including phenoxy) is 1. The molecule has 1 atom stereocenters. The Kier molecular flexibility index (Phi) is 33.6. The van der Waals surface area contributed by atoms with Crippen LogP contribution in [0.15, 0.2) is 0 Å². The van der Waals surface area contributed by atoms with Gasteiger partial charge in [-0.05, 0) is 38.5 Å². The van der Waals surface area contributed by atoms with Crippen molar-refractivity contribution in [3.63, 3.8) is 0 Å². The zero-order chi connectivity index (χ0) is 30.8. The van der Waals surface area contributed by atoms with Crippen molar-refractivity contribution in [1.82, 2.24) is 0 Å². The minimum atomic E-state index is -0.666. The number of unbranched alkanes of at least 4 members (excludes halogenated alkanes) is 26. The van der Waals surface area contributed by atoms with Crippen molar-refractivity contribution in [2.75, 3.05) is 0 Å². The largest absolute Gasteiger partial charge is 0.481 e. The normalized spacial score (nSPS) is 12.0. The van der Waals surface area contributed by atoms with Crippen molar-refractivity contribution in [3.05, 3.63) is 0 Å². The fourth-order valence-corrected chi connectivity index (χ4v) is 6.01. The van der Waals surface area contributed by atoms with Gasteiger partial charge in [0.15, 0.2) is 0 Å². The standard InChI is InChI=1S/C38H74O4/c1-3-5-7-9-10-11-15-20-23-27-31-35-38(41)42-36(32-28-24-8-6-4-2)33-29-25-21-18-16-13-12-14-17-19-22-26-30-34-37(39)40/h36H,3-35H2,1-2H3,(H,39,40). The maximum absolute atomic E-state index is 12.6. The Balaban J connectivity index is 3.84. The molecule has 0 aliphatic rings. The van der Waals surface area contributed by atoms with E-state index in [0.29, 0.717) is 12.8 Å². The van der Waals surface area contributed by atoms with E-state index in [9.17, 15) is 9.59 Å². The minimum absolute atomic E-state index is 0.0461. The number of carbonyl (C=O) groups is 2. The molecule has 4 heteroatoms. The summed E-state index contributed by atoms with van der Waals surface area (Å²) < 4.78 is 6.01. The van der Waals surface area contributed by atoms with Gasteiger partial charge in [0.1, 0.15) is 6.10 Å². The highest BCUT2D eigenvalue weighted by Crippen LogP contribution is 2.19. The van der Waals surface area contributed by atoms with E-state index in [4.69, 9.17) is 9.84 Å². The lowest BCUT2D eigenvalue weighted by molar-refractivity contribution is -0.150. The Morgan fingerprint density at radius 2 is 0.714 bits per heavy atom. The zero-order valence-electron chi connectivity index (χ0n) is 28.6. The molecule has 0 aliphatic heterocycles. The zero-order valence-corrected chi connectivity index (χ0v) is 28.6. The molecule has 0 bridgehead atoms. The van der Waals surface area contributed by atoms with Crippen LogP contribution in [0.25, 0.3) is 0 Å². The van der Waals surface area contributed by atoms with Gasteiger partial charge in [-0.1, -0.05) is 174 Å². The minimum Gasteiger partial charge on any atom is -0.481 e. The molecular weight excluding hydrogens is 520 g/mol. The molecule has 0 radical (unpaired) electrons. The molecule has 0 aromatic carbocycles. The molecule has 0 rings (SSSR count). The Hall–Kier alpha value is -1.06. The second-order valence-corrected chi connectivity index (χ2v) is 13.1. The van der Waals surface area contributed by atoms with Gasteiger partial charge >= 0.3 is 11.9 Å². The third kappa shape index (κ3) is 33.4. The van der Waals surface area contributed by atoms with Gasteiger partial charge < -0.3 is 9.84 Å². The van der Waals surface area contributed by atoms with E-state index < -0.39 is 5.97 Å². The topological polar surface area (TPSA) is 63.6 Å². The number of carboxylic acids is 1. The van der Waals surface area contributed by atoms with Gasteiger partial charge in [0.2, 0.25) is 0 Å². The van der Waals surface area contributed by atoms with Crippen LogP contribution in [0.5, 0.6) is 0 Å². The van der Waals surface area contributed by atoms with Crippen LogP contribution in [-0.2, 0) is 14.3 Å². The summed E-state index contributed by atoms with van der Waals surface area (Å²) >= 11 is 0. The highest BCUT2D eigenvalue weighted by atomic mass is 16.5. The van der Waals surface area contributed by atoms with E-state index in [2.05, 4.69) is 13.8 Å². The third-order valence-corrected chi connectivity index (χ3v) is 8.83. The van der Waals surface area contributed by atoms with Crippen molar-refractivity contribution in [2.24, 2.45) is 0 Å². The van der Waals surface area contributed by atoms with Crippen molar-refractivity contribution >= 4 is 11.9 Å². The predicted molar refractivity (Wildman–Crippen MR) is 181 cm³/mol. The SMILES string of the molecule is CCCCCCCCCCCCCC(=O)OC(CCCCCCC)CCCCCCCCCCCCCCCC(=O)O. The Morgan fingerprint density at radius 1 is 0.429 bits per heavy atom. The number of aliphatic carboxylic acids is 1. The van der Waals surface area contributed by atoms with Gasteiger partial charge in [-0.25, -0.2) is 0 Å². The molecule has 0 aromatic rings. The lowest BCUT2D eigenvalue weighted by Gasteiger charge is -2.18. The second-order valence-electron chi connectivity index (χ2n) is 13.1. The first-order valence-electron chi connectivity index (χ1n) is 19.0. The summed E-state index contributed by atoms with van der Waals surface area (Å²) in [6.45, 7) is 4.53. The van der Waals surface area contributed by atoms with Crippen LogP contribution in [0.3, 0.4) is 0 Å². The first-order valence-corrected chi connectivity index (χ1v) is 19.0. The van der Waals surface area contributed by atoms with E-state index in [1.807, 2.05) is 0 Å². The fourth-order valence-electron chi connectivity index (χ4n) is 6.01. The number of esters is 1. The number of carboxylic acid groups (broad SMARTS) is 1. The van der Waals surface area contributed by atoms with E-state index in [0.717, 1.165) is 32.1 Å². The number of carbonyl (C=O) groups excluding carboxylic acids is 1. The van der Waals surface area contributed by atoms with Gasteiger partial charge in [0.05, 0.1) is 0 Å². The molecule has 0 amide bonds. The van der Waals surface area contributed by atoms with Crippen molar-refractivity contribution in [3.8, 4) is 0 Å². The van der Waals surface area contributed by atoms with Crippen molar-refractivity contribution in [1.29, 1.82) is 0 Å².